The van der Waals surface area contributed by atoms with Crippen molar-refractivity contribution >= 4 is 33.8 Å². The number of hydrogen-bond donors (Lipinski definition) is 2. The number of carbonyl (C=O) groups excluding carboxylic acids is 1. The number of nitro benzene ring substituents is 1. The lowest BCUT2D eigenvalue weighted by Crippen LogP contribution is -2.15. The summed E-state index contributed by atoms with van der Waals surface area (Å²) in [5.74, 6) is -0.319. The Morgan fingerprint density at radius 1 is 1.20 bits per heavy atom. The highest BCUT2D eigenvalue weighted by Gasteiger charge is 2.15. The zero-order chi connectivity index (χ0) is 17.8. The molecule has 1 amide bonds. The fraction of sp³-hybridized carbons (Fsp3) is 0.0588. The molecule has 0 unspecified atom stereocenters. The van der Waals surface area contributed by atoms with Gasteiger partial charge in [-0.25, -0.2) is 4.98 Å². The van der Waals surface area contributed by atoms with Crippen molar-refractivity contribution in [3.63, 3.8) is 0 Å². The molecule has 3 N–H and O–H groups in total. The number of nitrogens with zero attached hydrogens (tertiary/aromatic N) is 2. The SMILES string of the molecule is Nc1nc(-c2ccc(NC(=O)Cc3ccccc3[N+](=O)[O-])cc2)cs1. The first-order chi connectivity index (χ1) is 12.0. The van der Waals surface area contributed by atoms with Crippen LogP contribution >= 0.6 is 11.3 Å². The maximum absolute atomic E-state index is 12.2. The number of anilines is 2. The van der Waals surface area contributed by atoms with Crippen LogP contribution in [0, 0.1) is 10.1 Å². The van der Waals surface area contributed by atoms with Gasteiger partial charge in [0.15, 0.2) is 5.13 Å². The number of nitrogens with two attached hydrogens (primary N) is 1. The molecule has 0 spiro atoms. The van der Waals surface area contributed by atoms with Crippen molar-refractivity contribution in [3.05, 3.63) is 69.6 Å². The molecule has 0 atom stereocenters. The number of amides is 1. The van der Waals surface area contributed by atoms with Gasteiger partial charge in [0.2, 0.25) is 5.91 Å². The third-order valence-electron chi connectivity index (χ3n) is 3.53. The monoisotopic (exact) mass is 354 g/mol. The highest BCUT2D eigenvalue weighted by Crippen LogP contribution is 2.24. The quantitative estimate of drug-likeness (QED) is 0.538. The van der Waals surface area contributed by atoms with E-state index in [2.05, 4.69) is 10.3 Å². The van der Waals surface area contributed by atoms with E-state index >= 15 is 0 Å². The fourth-order valence-electron chi connectivity index (χ4n) is 2.36. The second-order valence-corrected chi connectivity index (χ2v) is 6.15. The molecule has 3 rings (SSSR count). The zero-order valence-corrected chi connectivity index (χ0v) is 13.8. The third kappa shape index (κ3) is 3.99. The lowest BCUT2D eigenvalue weighted by molar-refractivity contribution is -0.385. The molecule has 0 saturated carbocycles. The third-order valence-corrected chi connectivity index (χ3v) is 4.20. The van der Waals surface area contributed by atoms with Crippen LogP contribution in [0.2, 0.25) is 0 Å². The topological polar surface area (TPSA) is 111 Å². The summed E-state index contributed by atoms with van der Waals surface area (Å²) in [4.78, 5) is 26.9. The summed E-state index contributed by atoms with van der Waals surface area (Å²) in [6.45, 7) is 0. The molecule has 1 heterocycles. The van der Waals surface area contributed by atoms with Gasteiger partial charge >= 0.3 is 0 Å². The van der Waals surface area contributed by atoms with E-state index < -0.39 is 4.92 Å². The van der Waals surface area contributed by atoms with E-state index in [4.69, 9.17) is 5.73 Å². The van der Waals surface area contributed by atoms with Crippen LogP contribution in [0.4, 0.5) is 16.5 Å². The van der Waals surface area contributed by atoms with Crippen molar-refractivity contribution in [1.29, 1.82) is 0 Å². The number of para-hydroxylation sites is 1. The van der Waals surface area contributed by atoms with E-state index in [1.54, 1.807) is 30.3 Å². The van der Waals surface area contributed by atoms with Crippen molar-refractivity contribution in [1.82, 2.24) is 4.98 Å². The van der Waals surface area contributed by atoms with Gasteiger partial charge in [0, 0.05) is 28.3 Å². The minimum Gasteiger partial charge on any atom is -0.375 e. The lowest BCUT2D eigenvalue weighted by Gasteiger charge is -2.06. The Morgan fingerprint density at radius 2 is 1.92 bits per heavy atom. The van der Waals surface area contributed by atoms with Crippen LogP contribution in [0.25, 0.3) is 11.3 Å². The molecule has 7 nitrogen and oxygen atoms in total. The Morgan fingerprint density at radius 3 is 2.56 bits per heavy atom. The molecular weight excluding hydrogens is 340 g/mol. The summed E-state index contributed by atoms with van der Waals surface area (Å²) in [6, 6.07) is 13.4. The van der Waals surface area contributed by atoms with Gasteiger partial charge in [-0.15, -0.1) is 11.3 Å². The Bertz CT molecular complexity index is 922. The molecule has 3 aromatic rings. The number of aromatic nitrogens is 1. The minimum atomic E-state index is -0.489. The van der Waals surface area contributed by atoms with Crippen LogP contribution in [0.1, 0.15) is 5.56 Å². The maximum Gasteiger partial charge on any atom is 0.273 e. The van der Waals surface area contributed by atoms with Gasteiger partial charge in [-0.3, -0.25) is 14.9 Å². The largest absolute Gasteiger partial charge is 0.375 e. The molecule has 0 radical (unpaired) electrons. The van der Waals surface area contributed by atoms with Crippen LogP contribution in [0.5, 0.6) is 0 Å². The van der Waals surface area contributed by atoms with Crippen molar-refractivity contribution in [2.24, 2.45) is 0 Å². The van der Waals surface area contributed by atoms with E-state index in [9.17, 15) is 14.9 Å². The number of benzene rings is 2. The molecule has 0 aliphatic carbocycles. The molecule has 0 aliphatic heterocycles. The van der Waals surface area contributed by atoms with E-state index in [0.29, 0.717) is 16.4 Å². The first-order valence-corrected chi connectivity index (χ1v) is 8.24. The average Bonchev–Trinajstić information content (AvgIpc) is 3.02. The smallest absolute Gasteiger partial charge is 0.273 e. The van der Waals surface area contributed by atoms with Crippen LogP contribution < -0.4 is 11.1 Å². The van der Waals surface area contributed by atoms with Crippen LogP contribution in [-0.2, 0) is 11.2 Å². The molecule has 0 fully saturated rings. The first kappa shape index (κ1) is 16.6. The van der Waals surface area contributed by atoms with E-state index in [1.807, 2.05) is 17.5 Å². The number of nitrogens with one attached hydrogen (secondary N) is 1. The van der Waals surface area contributed by atoms with Gasteiger partial charge in [-0.05, 0) is 12.1 Å². The van der Waals surface area contributed by atoms with Crippen LogP contribution in [0.15, 0.2) is 53.9 Å². The van der Waals surface area contributed by atoms with Crippen molar-refractivity contribution in [2.75, 3.05) is 11.1 Å². The Labute approximate surface area is 147 Å². The fourth-order valence-corrected chi connectivity index (χ4v) is 2.93. The Kier molecular flexibility index (Phi) is 4.71. The van der Waals surface area contributed by atoms with Crippen LogP contribution in [-0.4, -0.2) is 15.8 Å². The standard InChI is InChI=1S/C17H14N4O3S/c18-17-20-14(10-25-17)11-5-7-13(8-6-11)19-16(22)9-12-3-1-2-4-15(12)21(23)24/h1-8,10H,9H2,(H2,18,20)(H,19,22). The summed E-state index contributed by atoms with van der Waals surface area (Å²) in [5.41, 5.74) is 8.21. The zero-order valence-electron chi connectivity index (χ0n) is 13.0. The molecule has 0 bridgehead atoms. The molecule has 25 heavy (non-hydrogen) atoms. The van der Waals surface area contributed by atoms with E-state index in [0.717, 1.165) is 11.3 Å². The van der Waals surface area contributed by atoms with Gasteiger partial charge in [-0.1, -0.05) is 30.3 Å². The Hall–Kier alpha value is -3.26. The normalized spacial score (nSPS) is 10.4. The number of nitro groups is 1. The molecule has 0 aliphatic rings. The Balaban J connectivity index is 1.68. The van der Waals surface area contributed by atoms with Crippen LogP contribution in [0.3, 0.4) is 0 Å². The molecule has 126 valence electrons. The average molecular weight is 354 g/mol. The van der Waals surface area contributed by atoms with E-state index in [-0.39, 0.29) is 18.0 Å². The second-order valence-electron chi connectivity index (χ2n) is 5.26. The predicted octanol–water partition coefficient (Wildman–Crippen LogP) is 3.48. The van der Waals surface area contributed by atoms with E-state index in [1.165, 1.54) is 17.4 Å². The van der Waals surface area contributed by atoms with Crippen molar-refractivity contribution < 1.29 is 9.72 Å². The minimum absolute atomic E-state index is 0.0610. The summed E-state index contributed by atoms with van der Waals surface area (Å²) in [6.07, 6.45) is -0.0679. The summed E-state index contributed by atoms with van der Waals surface area (Å²) >= 11 is 1.36. The van der Waals surface area contributed by atoms with Gasteiger partial charge in [0.25, 0.3) is 5.69 Å². The van der Waals surface area contributed by atoms with Gasteiger partial charge in [-0.2, -0.15) is 0 Å². The number of hydrogen-bond acceptors (Lipinski definition) is 6. The van der Waals surface area contributed by atoms with Gasteiger partial charge in [0.1, 0.15) is 0 Å². The van der Waals surface area contributed by atoms with Gasteiger partial charge < -0.3 is 11.1 Å². The molecule has 8 heteroatoms. The number of thiazole rings is 1. The van der Waals surface area contributed by atoms with Crippen molar-refractivity contribution in [2.45, 2.75) is 6.42 Å². The molecular formula is C17H14N4O3S. The van der Waals surface area contributed by atoms with Crippen molar-refractivity contribution in [3.8, 4) is 11.3 Å². The molecule has 1 aromatic heterocycles. The number of carbonyl (C=O) groups is 1. The lowest BCUT2D eigenvalue weighted by atomic mass is 10.1. The number of nitrogen functional groups attached to an aromatic ring is 1. The van der Waals surface area contributed by atoms with Gasteiger partial charge in [0.05, 0.1) is 17.0 Å². The summed E-state index contributed by atoms with van der Waals surface area (Å²) in [7, 11) is 0. The highest BCUT2D eigenvalue weighted by molar-refractivity contribution is 7.13. The summed E-state index contributed by atoms with van der Waals surface area (Å²) < 4.78 is 0. The maximum atomic E-state index is 12.2. The number of rotatable bonds is 5. The second kappa shape index (κ2) is 7.10. The predicted molar refractivity (Wildman–Crippen MR) is 97.4 cm³/mol. The molecule has 2 aromatic carbocycles. The highest BCUT2D eigenvalue weighted by atomic mass is 32.1. The molecule has 0 saturated heterocycles. The first-order valence-electron chi connectivity index (χ1n) is 7.36. The summed E-state index contributed by atoms with van der Waals surface area (Å²) in [5, 5.41) is 16.1.